The lowest BCUT2D eigenvalue weighted by atomic mass is 9.97. The largest absolute Gasteiger partial charge is 0.0683 e. The highest BCUT2D eigenvalue weighted by atomic mass is 14.1. The highest BCUT2D eigenvalue weighted by Gasteiger charge is 2.01. The van der Waals surface area contributed by atoms with Gasteiger partial charge < -0.3 is 0 Å². The van der Waals surface area contributed by atoms with Gasteiger partial charge in [-0.25, -0.2) is 0 Å². The van der Waals surface area contributed by atoms with Crippen LogP contribution in [0.15, 0.2) is 48.5 Å². The van der Waals surface area contributed by atoms with Gasteiger partial charge in [0.05, 0.1) is 0 Å². The van der Waals surface area contributed by atoms with Gasteiger partial charge in [0.15, 0.2) is 0 Å². The van der Waals surface area contributed by atoms with Crippen molar-refractivity contribution in [3.05, 3.63) is 59.7 Å². The van der Waals surface area contributed by atoms with Crippen molar-refractivity contribution in [3.63, 3.8) is 0 Å². The molecule has 0 aliphatic rings. The van der Waals surface area contributed by atoms with Crippen LogP contribution in [0.2, 0.25) is 0 Å². The van der Waals surface area contributed by atoms with Crippen molar-refractivity contribution in [2.45, 2.75) is 34.1 Å². The van der Waals surface area contributed by atoms with Crippen LogP contribution in [0.1, 0.15) is 31.9 Å². The fraction of sp³-hybridized carbons (Fsp3) is 0.294. The molecule has 0 aliphatic heterocycles. The van der Waals surface area contributed by atoms with Crippen LogP contribution in [-0.2, 0) is 6.42 Å². The Morgan fingerprint density at radius 2 is 1.41 bits per heavy atom. The Kier molecular flexibility index (Phi) is 5.48. The van der Waals surface area contributed by atoms with Crippen LogP contribution in [0.25, 0.3) is 11.1 Å². The van der Waals surface area contributed by atoms with E-state index in [0.717, 1.165) is 6.42 Å². The minimum atomic E-state index is 1.09. The number of benzene rings is 2. The van der Waals surface area contributed by atoms with Crippen LogP contribution in [0.4, 0.5) is 0 Å². The van der Waals surface area contributed by atoms with Gasteiger partial charge in [0.1, 0.15) is 0 Å². The predicted octanol–water partition coefficient (Wildman–Crippen LogP) is 5.25. The molecule has 0 atom stereocenters. The molecule has 0 heterocycles. The molecule has 0 aliphatic carbocycles. The zero-order valence-corrected chi connectivity index (χ0v) is 11.3. The summed E-state index contributed by atoms with van der Waals surface area (Å²) in [7, 11) is 0. The topological polar surface area (TPSA) is 0 Å². The first-order chi connectivity index (χ1) is 8.31. The Hall–Kier alpha value is -1.56. The zero-order valence-electron chi connectivity index (χ0n) is 11.3. The first-order valence-corrected chi connectivity index (χ1v) is 6.46. The van der Waals surface area contributed by atoms with E-state index in [9.17, 15) is 0 Å². The minimum absolute atomic E-state index is 1.09. The zero-order chi connectivity index (χ0) is 12.7. The maximum absolute atomic E-state index is 2.20. The molecular formula is C17H22. The SMILES string of the molecule is CC.CCc1ccccc1-c1ccc(C)cc1. The normalized spacial score (nSPS) is 9.41. The van der Waals surface area contributed by atoms with Crippen LogP contribution in [0.3, 0.4) is 0 Å². The summed E-state index contributed by atoms with van der Waals surface area (Å²) in [5.41, 5.74) is 5.41. The molecular weight excluding hydrogens is 204 g/mol. The summed E-state index contributed by atoms with van der Waals surface area (Å²) in [4.78, 5) is 0. The maximum atomic E-state index is 2.20. The second-order valence-electron chi connectivity index (χ2n) is 3.88. The van der Waals surface area contributed by atoms with Crippen molar-refractivity contribution < 1.29 is 0 Å². The van der Waals surface area contributed by atoms with Gasteiger partial charge in [-0.3, -0.25) is 0 Å². The molecule has 0 nitrogen and oxygen atoms in total. The van der Waals surface area contributed by atoms with Gasteiger partial charge in [0.25, 0.3) is 0 Å². The molecule has 0 unspecified atom stereocenters. The Morgan fingerprint density at radius 1 is 0.824 bits per heavy atom. The fourth-order valence-corrected chi connectivity index (χ4v) is 1.84. The van der Waals surface area contributed by atoms with Gasteiger partial charge in [-0.05, 0) is 30.0 Å². The molecule has 0 saturated heterocycles. The summed E-state index contributed by atoms with van der Waals surface area (Å²) in [5.74, 6) is 0. The fourth-order valence-electron chi connectivity index (χ4n) is 1.84. The van der Waals surface area contributed by atoms with E-state index in [4.69, 9.17) is 0 Å². The van der Waals surface area contributed by atoms with Crippen molar-refractivity contribution in [1.29, 1.82) is 0 Å². The molecule has 0 saturated carbocycles. The molecule has 90 valence electrons. The van der Waals surface area contributed by atoms with Gasteiger partial charge >= 0.3 is 0 Å². The lowest BCUT2D eigenvalue weighted by molar-refractivity contribution is 1.14. The van der Waals surface area contributed by atoms with E-state index >= 15 is 0 Å². The van der Waals surface area contributed by atoms with Gasteiger partial charge in [0.2, 0.25) is 0 Å². The summed E-state index contributed by atoms with van der Waals surface area (Å²) in [6.45, 7) is 8.32. The van der Waals surface area contributed by atoms with E-state index in [0.29, 0.717) is 0 Å². The van der Waals surface area contributed by atoms with E-state index in [1.807, 2.05) is 13.8 Å². The van der Waals surface area contributed by atoms with Crippen LogP contribution < -0.4 is 0 Å². The molecule has 2 aromatic rings. The van der Waals surface area contributed by atoms with Crippen LogP contribution in [-0.4, -0.2) is 0 Å². The minimum Gasteiger partial charge on any atom is -0.0683 e. The second-order valence-corrected chi connectivity index (χ2v) is 3.88. The predicted molar refractivity (Wildman–Crippen MR) is 77.3 cm³/mol. The summed E-state index contributed by atoms with van der Waals surface area (Å²) >= 11 is 0. The van der Waals surface area contributed by atoms with Gasteiger partial charge in [0, 0.05) is 0 Å². The average Bonchev–Trinajstić information content (AvgIpc) is 2.42. The Bertz CT molecular complexity index is 438. The first kappa shape index (κ1) is 13.5. The van der Waals surface area contributed by atoms with E-state index in [2.05, 4.69) is 62.4 Å². The average molecular weight is 226 g/mol. The molecule has 0 heteroatoms. The summed E-state index contributed by atoms with van der Waals surface area (Å²) < 4.78 is 0. The number of hydrogen-bond donors (Lipinski definition) is 0. The maximum Gasteiger partial charge on any atom is -0.0152 e. The van der Waals surface area contributed by atoms with Crippen molar-refractivity contribution >= 4 is 0 Å². The van der Waals surface area contributed by atoms with Gasteiger partial charge in [-0.1, -0.05) is 74.9 Å². The molecule has 2 rings (SSSR count). The van der Waals surface area contributed by atoms with Crippen molar-refractivity contribution in [2.75, 3.05) is 0 Å². The van der Waals surface area contributed by atoms with E-state index in [1.165, 1.54) is 22.3 Å². The molecule has 0 radical (unpaired) electrons. The third-order valence-corrected chi connectivity index (χ3v) is 2.76. The molecule has 0 aromatic heterocycles. The lowest BCUT2D eigenvalue weighted by Crippen LogP contribution is -1.86. The molecule has 2 aromatic carbocycles. The first-order valence-electron chi connectivity index (χ1n) is 6.46. The van der Waals surface area contributed by atoms with Crippen molar-refractivity contribution in [2.24, 2.45) is 0 Å². The quantitative estimate of drug-likeness (QED) is 0.656. The lowest BCUT2D eigenvalue weighted by Gasteiger charge is -2.07. The molecule has 0 fully saturated rings. The van der Waals surface area contributed by atoms with E-state index in [1.54, 1.807) is 0 Å². The molecule has 0 amide bonds. The van der Waals surface area contributed by atoms with Crippen LogP contribution in [0.5, 0.6) is 0 Å². The third-order valence-electron chi connectivity index (χ3n) is 2.76. The third kappa shape index (κ3) is 3.45. The van der Waals surface area contributed by atoms with Crippen LogP contribution >= 0.6 is 0 Å². The Morgan fingerprint density at radius 3 is 2.00 bits per heavy atom. The Labute approximate surface area is 105 Å². The van der Waals surface area contributed by atoms with E-state index < -0.39 is 0 Å². The smallest absolute Gasteiger partial charge is 0.0152 e. The monoisotopic (exact) mass is 226 g/mol. The van der Waals surface area contributed by atoms with Crippen LogP contribution in [0, 0.1) is 6.92 Å². The summed E-state index contributed by atoms with van der Waals surface area (Å²) in [6, 6.07) is 17.3. The highest BCUT2D eigenvalue weighted by molar-refractivity contribution is 5.67. The number of aryl methyl sites for hydroxylation is 2. The second kappa shape index (κ2) is 6.90. The van der Waals surface area contributed by atoms with E-state index in [-0.39, 0.29) is 0 Å². The number of hydrogen-bond acceptors (Lipinski definition) is 0. The molecule has 0 spiro atoms. The Balaban J connectivity index is 0.000000686. The summed E-state index contributed by atoms with van der Waals surface area (Å²) in [6.07, 6.45) is 1.09. The highest BCUT2D eigenvalue weighted by Crippen LogP contribution is 2.24. The molecule has 0 bridgehead atoms. The van der Waals surface area contributed by atoms with Gasteiger partial charge in [-0.15, -0.1) is 0 Å². The standard InChI is InChI=1S/C15H16.C2H6/c1-3-13-6-4-5-7-15(13)14-10-8-12(2)9-11-14;1-2/h4-11H,3H2,1-2H3;1-2H3. The van der Waals surface area contributed by atoms with Crippen molar-refractivity contribution in [1.82, 2.24) is 0 Å². The molecule has 17 heavy (non-hydrogen) atoms. The van der Waals surface area contributed by atoms with Crippen molar-refractivity contribution in [3.8, 4) is 11.1 Å². The molecule has 0 N–H and O–H groups in total. The summed E-state index contributed by atoms with van der Waals surface area (Å²) in [5, 5.41) is 0. The van der Waals surface area contributed by atoms with Gasteiger partial charge in [-0.2, -0.15) is 0 Å². The number of rotatable bonds is 2.